The van der Waals surface area contributed by atoms with E-state index in [2.05, 4.69) is 4.99 Å². The van der Waals surface area contributed by atoms with E-state index in [9.17, 15) is 14.7 Å². The summed E-state index contributed by atoms with van der Waals surface area (Å²) in [4.78, 5) is 30.5. The van der Waals surface area contributed by atoms with Crippen molar-refractivity contribution in [1.82, 2.24) is 4.90 Å². The summed E-state index contributed by atoms with van der Waals surface area (Å²) in [5.74, 6) is -0.308. The molecule has 0 spiro atoms. The second-order valence-electron chi connectivity index (χ2n) is 6.26. The van der Waals surface area contributed by atoms with E-state index in [1.165, 1.54) is 22.7 Å². The second-order valence-corrected chi connectivity index (χ2v) is 7.27. The molecule has 0 aliphatic carbocycles. The van der Waals surface area contributed by atoms with Crippen molar-refractivity contribution >= 4 is 40.6 Å². The molecule has 1 amide bonds. The molecule has 1 aliphatic rings. The molecule has 1 aliphatic heterocycles. The van der Waals surface area contributed by atoms with Gasteiger partial charge in [0.1, 0.15) is 11.5 Å². The highest BCUT2D eigenvalue weighted by atomic mass is 32.2. The fourth-order valence-electron chi connectivity index (χ4n) is 2.85. The van der Waals surface area contributed by atoms with Gasteiger partial charge in [-0.15, -0.1) is 0 Å². The first-order valence-electron chi connectivity index (χ1n) is 8.77. The molecule has 0 saturated carbocycles. The summed E-state index contributed by atoms with van der Waals surface area (Å²) in [7, 11) is 1.68. The topological polar surface area (TPSA) is 83.1 Å². The number of rotatable bonds is 4. The summed E-state index contributed by atoms with van der Waals surface area (Å²) >= 11 is 1.26. The number of amidine groups is 1. The predicted octanol–water partition coefficient (Wildman–Crippen LogP) is 4.88. The standard InChI is InChI=1S/C22H16N2O4S/c1-24-20(25)19(29-22(24)23-14-7-3-2-4-8-14)13-15-11-12-18(28-15)16-9-5-6-10-17(16)21(26)27/h2-13H,1H3,(H,26,27)/b19-13+,23-22?. The number of benzene rings is 2. The van der Waals surface area contributed by atoms with Crippen molar-refractivity contribution in [3.63, 3.8) is 0 Å². The number of amides is 1. The molecule has 1 fully saturated rings. The number of carbonyl (C=O) groups excluding carboxylic acids is 1. The summed E-state index contributed by atoms with van der Waals surface area (Å²) in [6.45, 7) is 0. The lowest BCUT2D eigenvalue weighted by Gasteiger charge is -2.06. The lowest BCUT2D eigenvalue weighted by atomic mass is 10.1. The van der Waals surface area contributed by atoms with Crippen LogP contribution < -0.4 is 0 Å². The van der Waals surface area contributed by atoms with Crippen LogP contribution in [0.5, 0.6) is 0 Å². The Bertz CT molecular complexity index is 1150. The van der Waals surface area contributed by atoms with Crippen molar-refractivity contribution in [2.45, 2.75) is 0 Å². The number of aromatic carboxylic acids is 1. The Hall–Kier alpha value is -3.58. The van der Waals surface area contributed by atoms with E-state index in [1.54, 1.807) is 43.5 Å². The molecule has 0 atom stereocenters. The van der Waals surface area contributed by atoms with E-state index in [0.717, 1.165) is 5.69 Å². The van der Waals surface area contributed by atoms with Gasteiger partial charge >= 0.3 is 5.97 Å². The number of furan rings is 1. The van der Waals surface area contributed by atoms with Crippen molar-refractivity contribution < 1.29 is 19.1 Å². The van der Waals surface area contributed by atoms with Gasteiger partial charge in [-0.2, -0.15) is 0 Å². The van der Waals surface area contributed by atoms with Crippen LogP contribution in [0.3, 0.4) is 0 Å². The Balaban J connectivity index is 1.62. The smallest absolute Gasteiger partial charge is 0.336 e. The van der Waals surface area contributed by atoms with Crippen molar-refractivity contribution in [3.8, 4) is 11.3 Å². The first-order valence-corrected chi connectivity index (χ1v) is 9.58. The van der Waals surface area contributed by atoms with Crippen LogP contribution in [0.1, 0.15) is 16.1 Å². The van der Waals surface area contributed by atoms with Crippen molar-refractivity contribution in [2.75, 3.05) is 7.05 Å². The number of hydrogen-bond acceptors (Lipinski definition) is 5. The third-order valence-electron chi connectivity index (χ3n) is 4.31. The lowest BCUT2D eigenvalue weighted by molar-refractivity contribution is -0.121. The third kappa shape index (κ3) is 3.86. The minimum atomic E-state index is -1.03. The maximum atomic E-state index is 12.6. The van der Waals surface area contributed by atoms with Crippen LogP contribution in [-0.2, 0) is 4.79 Å². The number of carbonyl (C=O) groups is 2. The zero-order valence-corrected chi connectivity index (χ0v) is 16.2. The average molecular weight is 404 g/mol. The van der Waals surface area contributed by atoms with Crippen LogP contribution in [0.4, 0.5) is 5.69 Å². The Morgan fingerprint density at radius 1 is 1.07 bits per heavy atom. The van der Waals surface area contributed by atoms with Gasteiger partial charge in [0.25, 0.3) is 5.91 Å². The van der Waals surface area contributed by atoms with E-state index in [0.29, 0.717) is 27.2 Å². The van der Waals surface area contributed by atoms with Crippen molar-refractivity contribution in [3.05, 3.63) is 83.0 Å². The van der Waals surface area contributed by atoms with Gasteiger partial charge in [0.15, 0.2) is 5.17 Å². The highest BCUT2D eigenvalue weighted by Gasteiger charge is 2.30. The summed E-state index contributed by atoms with van der Waals surface area (Å²) in [5, 5.41) is 9.94. The van der Waals surface area contributed by atoms with Gasteiger partial charge in [-0.1, -0.05) is 36.4 Å². The number of likely N-dealkylation sites (N-methyl/N-ethyl adjacent to an activating group) is 1. The minimum Gasteiger partial charge on any atom is -0.478 e. The minimum absolute atomic E-state index is 0.157. The molecule has 144 valence electrons. The molecule has 0 unspecified atom stereocenters. The number of para-hydroxylation sites is 1. The summed E-state index contributed by atoms with van der Waals surface area (Å²) in [6, 6.07) is 19.4. The SMILES string of the molecule is CN1C(=O)/C(=C\c2ccc(-c3ccccc3C(=O)O)o2)SC1=Nc1ccccc1. The molecule has 0 radical (unpaired) electrons. The fourth-order valence-corrected chi connectivity index (χ4v) is 3.82. The van der Waals surface area contributed by atoms with E-state index in [4.69, 9.17) is 4.42 Å². The first-order chi connectivity index (χ1) is 14.0. The molecule has 29 heavy (non-hydrogen) atoms. The average Bonchev–Trinajstić information content (AvgIpc) is 3.30. The highest BCUT2D eigenvalue weighted by Crippen LogP contribution is 2.34. The largest absolute Gasteiger partial charge is 0.478 e. The highest BCUT2D eigenvalue weighted by molar-refractivity contribution is 8.18. The lowest BCUT2D eigenvalue weighted by Crippen LogP contribution is -2.23. The second kappa shape index (κ2) is 7.81. The van der Waals surface area contributed by atoms with E-state index < -0.39 is 5.97 Å². The third-order valence-corrected chi connectivity index (χ3v) is 5.37. The van der Waals surface area contributed by atoms with Gasteiger partial charge < -0.3 is 9.52 Å². The van der Waals surface area contributed by atoms with Gasteiger partial charge in [0.2, 0.25) is 0 Å². The Morgan fingerprint density at radius 2 is 1.79 bits per heavy atom. The van der Waals surface area contributed by atoms with Crippen molar-refractivity contribution in [1.29, 1.82) is 0 Å². The van der Waals surface area contributed by atoms with Gasteiger partial charge in [0.05, 0.1) is 16.2 Å². The Kier molecular flexibility index (Phi) is 5.05. The number of carboxylic acids is 1. The monoisotopic (exact) mass is 404 g/mol. The van der Waals surface area contributed by atoms with Gasteiger partial charge in [-0.25, -0.2) is 9.79 Å². The molecule has 4 rings (SSSR count). The quantitative estimate of drug-likeness (QED) is 0.627. The van der Waals surface area contributed by atoms with Gasteiger partial charge in [0, 0.05) is 18.7 Å². The zero-order valence-electron chi connectivity index (χ0n) is 15.4. The zero-order chi connectivity index (χ0) is 20.4. The maximum absolute atomic E-state index is 12.6. The van der Waals surface area contributed by atoms with E-state index in [1.807, 2.05) is 30.3 Å². The van der Waals surface area contributed by atoms with Crippen LogP contribution >= 0.6 is 11.8 Å². The summed E-state index contributed by atoms with van der Waals surface area (Å²) in [5.41, 5.74) is 1.41. The molecule has 1 aromatic heterocycles. The van der Waals surface area contributed by atoms with Crippen LogP contribution in [0.25, 0.3) is 17.4 Å². The summed E-state index contributed by atoms with van der Waals surface area (Å²) < 4.78 is 5.80. The fraction of sp³-hybridized carbons (Fsp3) is 0.0455. The molecule has 6 nitrogen and oxygen atoms in total. The van der Waals surface area contributed by atoms with Crippen LogP contribution in [0.2, 0.25) is 0 Å². The number of nitrogens with zero attached hydrogens (tertiary/aromatic N) is 2. The van der Waals surface area contributed by atoms with Crippen LogP contribution in [-0.4, -0.2) is 34.1 Å². The first kappa shape index (κ1) is 18.8. The molecule has 1 saturated heterocycles. The number of hydrogen-bond donors (Lipinski definition) is 1. The number of thioether (sulfide) groups is 1. The molecule has 0 bridgehead atoms. The Morgan fingerprint density at radius 3 is 2.55 bits per heavy atom. The Labute approximate surface area is 171 Å². The molecule has 3 aromatic rings. The van der Waals surface area contributed by atoms with Gasteiger partial charge in [-0.05, 0) is 42.1 Å². The van der Waals surface area contributed by atoms with Gasteiger partial charge in [-0.3, -0.25) is 9.69 Å². The molecular weight excluding hydrogens is 388 g/mol. The molecule has 7 heteroatoms. The van der Waals surface area contributed by atoms with E-state index in [-0.39, 0.29) is 11.5 Å². The molecule has 2 aromatic carbocycles. The molecule has 1 N–H and O–H groups in total. The summed E-state index contributed by atoms with van der Waals surface area (Å²) in [6.07, 6.45) is 1.64. The molecular formula is C22H16N2O4S. The predicted molar refractivity (Wildman–Crippen MR) is 113 cm³/mol. The van der Waals surface area contributed by atoms with Crippen molar-refractivity contribution in [2.24, 2.45) is 4.99 Å². The normalized spacial score (nSPS) is 16.7. The molecule has 2 heterocycles. The van der Waals surface area contributed by atoms with E-state index >= 15 is 0 Å². The number of aliphatic imine (C=N–C) groups is 1. The maximum Gasteiger partial charge on any atom is 0.336 e. The van der Waals surface area contributed by atoms with Crippen LogP contribution in [0.15, 0.2) is 81.0 Å². The van der Waals surface area contributed by atoms with Crippen LogP contribution in [0, 0.1) is 0 Å². The number of carboxylic acid groups (broad SMARTS) is 1.